The maximum atomic E-state index is 12.0. The van der Waals surface area contributed by atoms with E-state index in [4.69, 9.17) is 4.42 Å². The molecule has 3 atom stereocenters. The zero-order chi connectivity index (χ0) is 12.4. The van der Waals surface area contributed by atoms with E-state index in [1.807, 2.05) is 6.92 Å². The number of furan rings is 1. The molecule has 17 heavy (non-hydrogen) atoms. The van der Waals surface area contributed by atoms with Crippen LogP contribution < -0.4 is 10.6 Å². The Morgan fingerprint density at radius 3 is 2.82 bits per heavy atom. The van der Waals surface area contributed by atoms with Crippen LogP contribution in [0.2, 0.25) is 0 Å². The molecule has 94 valence electrons. The molecule has 1 aromatic heterocycles. The van der Waals surface area contributed by atoms with Gasteiger partial charge >= 0.3 is 0 Å². The molecule has 1 fully saturated rings. The smallest absolute Gasteiger partial charge is 0.287 e. The van der Waals surface area contributed by atoms with E-state index in [9.17, 15) is 4.79 Å². The second-order valence-corrected chi connectivity index (χ2v) is 4.92. The predicted molar refractivity (Wildman–Crippen MR) is 65.9 cm³/mol. The summed E-state index contributed by atoms with van der Waals surface area (Å²) >= 11 is 0. The van der Waals surface area contributed by atoms with Crippen LogP contribution in [0.4, 0.5) is 0 Å². The summed E-state index contributed by atoms with van der Waals surface area (Å²) in [6.07, 6.45) is 1.09. The van der Waals surface area contributed by atoms with E-state index in [-0.39, 0.29) is 11.9 Å². The molecular weight excluding hydrogens is 216 g/mol. The third-order valence-corrected chi connectivity index (χ3v) is 3.48. The number of carbonyl (C=O) groups is 1. The Morgan fingerprint density at radius 1 is 1.47 bits per heavy atom. The lowest BCUT2D eigenvalue weighted by molar-refractivity contribution is 0.0868. The maximum absolute atomic E-state index is 12.0. The molecule has 0 aromatic carbocycles. The van der Waals surface area contributed by atoms with Gasteiger partial charge in [-0.2, -0.15) is 0 Å². The zero-order valence-electron chi connectivity index (χ0n) is 10.6. The molecule has 1 saturated heterocycles. The van der Waals surface area contributed by atoms with Crippen molar-refractivity contribution in [1.82, 2.24) is 10.6 Å². The third-order valence-electron chi connectivity index (χ3n) is 3.48. The van der Waals surface area contributed by atoms with Gasteiger partial charge in [-0.15, -0.1) is 0 Å². The summed E-state index contributed by atoms with van der Waals surface area (Å²) in [5.74, 6) is 1.53. The Morgan fingerprint density at radius 2 is 2.24 bits per heavy atom. The van der Waals surface area contributed by atoms with Crippen molar-refractivity contribution in [3.63, 3.8) is 0 Å². The highest BCUT2D eigenvalue weighted by molar-refractivity contribution is 5.91. The first-order valence-electron chi connectivity index (χ1n) is 6.18. The Hall–Kier alpha value is -1.29. The lowest BCUT2D eigenvalue weighted by Gasteiger charge is -2.35. The number of hydrogen-bond acceptors (Lipinski definition) is 3. The average Bonchev–Trinajstić information content (AvgIpc) is 2.70. The summed E-state index contributed by atoms with van der Waals surface area (Å²) in [5.41, 5.74) is 0. The van der Waals surface area contributed by atoms with Crippen molar-refractivity contribution >= 4 is 5.91 Å². The van der Waals surface area contributed by atoms with Crippen LogP contribution in [0, 0.1) is 12.8 Å². The van der Waals surface area contributed by atoms with Gasteiger partial charge in [-0.1, -0.05) is 6.92 Å². The molecule has 3 unspecified atom stereocenters. The average molecular weight is 236 g/mol. The Labute approximate surface area is 102 Å². The van der Waals surface area contributed by atoms with Gasteiger partial charge < -0.3 is 15.1 Å². The molecule has 1 aromatic rings. The van der Waals surface area contributed by atoms with Gasteiger partial charge in [-0.3, -0.25) is 4.79 Å². The number of aryl methyl sites for hydroxylation is 1. The van der Waals surface area contributed by atoms with E-state index >= 15 is 0 Å². The van der Waals surface area contributed by atoms with Crippen LogP contribution in [0.1, 0.15) is 36.6 Å². The van der Waals surface area contributed by atoms with Crippen molar-refractivity contribution in [2.24, 2.45) is 5.92 Å². The van der Waals surface area contributed by atoms with Crippen molar-refractivity contribution in [3.8, 4) is 0 Å². The number of amides is 1. The molecule has 0 radical (unpaired) electrons. The second kappa shape index (κ2) is 4.92. The predicted octanol–water partition coefficient (Wildman–Crippen LogP) is 1.70. The van der Waals surface area contributed by atoms with E-state index in [0.29, 0.717) is 17.7 Å². The van der Waals surface area contributed by atoms with E-state index in [1.165, 1.54) is 0 Å². The minimum atomic E-state index is -0.120. The first-order chi connectivity index (χ1) is 8.08. The van der Waals surface area contributed by atoms with Crippen molar-refractivity contribution in [2.45, 2.75) is 39.3 Å². The quantitative estimate of drug-likeness (QED) is 0.822. The molecular formula is C13H20N2O2. The Balaban J connectivity index is 2.02. The fourth-order valence-corrected chi connectivity index (χ4v) is 2.38. The van der Waals surface area contributed by atoms with Crippen LogP contribution in [0.25, 0.3) is 0 Å². The normalized spacial score (nSPS) is 29.0. The summed E-state index contributed by atoms with van der Waals surface area (Å²) in [4.78, 5) is 12.0. The van der Waals surface area contributed by atoms with Gasteiger partial charge in [-0.25, -0.2) is 0 Å². The maximum Gasteiger partial charge on any atom is 0.287 e. The van der Waals surface area contributed by atoms with E-state index < -0.39 is 0 Å². The highest BCUT2D eigenvalue weighted by Crippen LogP contribution is 2.17. The summed E-state index contributed by atoms with van der Waals surface area (Å²) in [6.45, 7) is 7.14. The molecule has 4 heteroatoms. The van der Waals surface area contributed by atoms with Gasteiger partial charge in [0.15, 0.2) is 5.76 Å². The molecule has 2 rings (SSSR count). The van der Waals surface area contributed by atoms with Gasteiger partial charge in [0, 0.05) is 12.1 Å². The van der Waals surface area contributed by atoms with Crippen LogP contribution in [0.3, 0.4) is 0 Å². The summed E-state index contributed by atoms with van der Waals surface area (Å²) < 4.78 is 5.32. The molecule has 1 aliphatic heterocycles. The molecule has 0 spiro atoms. The molecule has 1 aliphatic rings. The van der Waals surface area contributed by atoms with Crippen LogP contribution in [-0.2, 0) is 0 Å². The molecule has 0 aliphatic carbocycles. The molecule has 2 N–H and O–H groups in total. The topological polar surface area (TPSA) is 54.3 Å². The van der Waals surface area contributed by atoms with Crippen LogP contribution in [0.15, 0.2) is 16.5 Å². The number of nitrogens with one attached hydrogen (secondary N) is 2. The Bertz CT molecular complexity index is 390. The molecule has 1 amide bonds. The number of hydrogen-bond donors (Lipinski definition) is 2. The van der Waals surface area contributed by atoms with E-state index in [1.54, 1.807) is 12.1 Å². The molecule has 0 saturated carbocycles. The second-order valence-electron chi connectivity index (χ2n) is 4.92. The Kier molecular flexibility index (Phi) is 3.52. The van der Waals surface area contributed by atoms with Crippen molar-refractivity contribution < 1.29 is 9.21 Å². The lowest BCUT2D eigenvalue weighted by Crippen LogP contribution is -2.55. The molecule has 2 heterocycles. The van der Waals surface area contributed by atoms with Gasteiger partial charge in [-0.05, 0) is 44.9 Å². The first-order valence-corrected chi connectivity index (χ1v) is 6.18. The van der Waals surface area contributed by atoms with Gasteiger partial charge in [0.1, 0.15) is 5.76 Å². The van der Waals surface area contributed by atoms with Crippen molar-refractivity contribution in [1.29, 1.82) is 0 Å². The summed E-state index contributed by atoms with van der Waals surface area (Å²) in [5, 5.41) is 6.43. The zero-order valence-corrected chi connectivity index (χ0v) is 10.6. The minimum absolute atomic E-state index is 0.120. The number of rotatable bonds is 2. The van der Waals surface area contributed by atoms with E-state index in [2.05, 4.69) is 24.5 Å². The third kappa shape index (κ3) is 2.69. The van der Waals surface area contributed by atoms with E-state index in [0.717, 1.165) is 18.7 Å². The van der Waals surface area contributed by atoms with Gasteiger partial charge in [0.05, 0.1) is 0 Å². The fraction of sp³-hybridized carbons (Fsp3) is 0.615. The fourth-order valence-electron chi connectivity index (χ4n) is 2.38. The standard InChI is InChI=1S/C13H20N2O2/c1-8-6-7-14-10(3)12(8)15-13(16)11-5-4-9(2)17-11/h4-5,8,10,12,14H,6-7H2,1-3H3,(H,15,16). The summed E-state index contributed by atoms with van der Waals surface area (Å²) in [7, 11) is 0. The minimum Gasteiger partial charge on any atom is -0.456 e. The van der Waals surface area contributed by atoms with Gasteiger partial charge in [0.25, 0.3) is 5.91 Å². The number of piperidine rings is 1. The van der Waals surface area contributed by atoms with Crippen LogP contribution in [-0.4, -0.2) is 24.5 Å². The van der Waals surface area contributed by atoms with Crippen LogP contribution in [0.5, 0.6) is 0 Å². The largest absolute Gasteiger partial charge is 0.456 e. The van der Waals surface area contributed by atoms with Gasteiger partial charge in [0.2, 0.25) is 0 Å². The van der Waals surface area contributed by atoms with Crippen LogP contribution >= 0.6 is 0 Å². The highest BCUT2D eigenvalue weighted by Gasteiger charge is 2.29. The lowest BCUT2D eigenvalue weighted by atomic mass is 9.89. The summed E-state index contributed by atoms with van der Waals surface area (Å²) in [6, 6.07) is 4.00. The number of carbonyl (C=O) groups excluding carboxylic acids is 1. The molecule has 4 nitrogen and oxygen atoms in total. The van der Waals surface area contributed by atoms with Crippen molar-refractivity contribution in [2.75, 3.05) is 6.54 Å². The highest BCUT2D eigenvalue weighted by atomic mass is 16.3. The molecule has 0 bridgehead atoms. The first kappa shape index (κ1) is 12.2. The monoisotopic (exact) mass is 236 g/mol. The van der Waals surface area contributed by atoms with Crippen molar-refractivity contribution in [3.05, 3.63) is 23.7 Å². The SMILES string of the molecule is Cc1ccc(C(=O)NC2C(C)CCNC2C)o1.